The molecular weight excluding hydrogens is 481 g/mol. The molecule has 0 fully saturated rings. The molecule has 0 spiro atoms. The molecule has 0 unspecified atom stereocenters. The number of benzene rings is 4. The molecule has 0 aliphatic heterocycles. The van der Waals surface area contributed by atoms with Crippen LogP contribution in [0.3, 0.4) is 0 Å². The van der Waals surface area contributed by atoms with Crippen molar-refractivity contribution in [3.05, 3.63) is 83.0 Å². The van der Waals surface area contributed by atoms with Gasteiger partial charge in [0.05, 0.1) is 0 Å². The first-order chi connectivity index (χ1) is 17.0. The van der Waals surface area contributed by atoms with Crippen molar-refractivity contribution >= 4 is 64.4 Å². The Labute approximate surface area is 209 Å². The molecule has 6 aromatic rings. The lowest BCUT2D eigenvalue weighted by Crippen LogP contribution is -1.84. The molecule has 35 heavy (non-hydrogen) atoms. The number of halogens is 3. The van der Waals surface area contributed by atoms with Crippen LogP contribution < -0.4 is 0 Å². The van der Waals surface area contributed by atoms with Crippen molar-refractivity contribution in [1.82, 2.24) is 0 Å². The lowest BCUT2D eigenvalue weighted by Gasteiger charge is -2.05. The van der Waals surface area contributed by atoms with Crippen LogP contribution >= 0.6 is 22.7 Å². The van der Waals surface area contributed by atoms with Crippen molar-refractivity contribution in [2.45, 2.75) is 39.0 Å². The smallest absolute Gasteiger partial charge is 0.159 e. The Balaban J connectivity index is 1.42. The van der Waals surface area contributed by atoms with Gasteiger partial charge >= 0.3 is 0 Å². The van der Waals surface area contributed by atoms with Crippen LogP contribution in [-0.2, 0) is 6.42 Å². The van der Waals surface area contributed by atoms with Crippen LogP contribution in [0.2, 0.25) is 0 Å². The Morgan fingerprint density at radius 1 is 0.600 bits per heavy atom. The lowest BCUT2D eigenvalue weighted by atomic mass is 10.0. The van der Waals surface area contributed by atoms with Gasteiger partial charge in [-0.25, -0.2) is 13.2 Å². The number of unbranched alkanes of at least 4 members (excludes halogenated alkanes) is 3. The van der Waals surface area contributed by atoms with E-state index in [4.69, 9.17) is 0 Å². The summed E-state index contributed by atoms with van der Waals surface area (Å²) in [7, 11) is 0. The molecule has 0 radical (unpaired) electrons. The molecular formula is C30H23F3S2. The molecule has 176 valence electrons. The molecule has 0 aliphatic carbocycles. The normalized spacial score (nSPS) is 12.0. The van der Waals surface area contributed by atoms with E-state index in [1.165, 1.54) is 42.7 Å². The fourth-order valence-corrected chi connectivity index (χ4v) is 7.09. The summed E-state index contributed by atoms with van der Waals surface area (Å²) in [5.74, 6) is -1.92. The van der Waals surface area contributed by atoms with Crippen LogP contribution in [0.15, 0.2) is 60.7 Å². The van der Waals surface area contributed by atoms with E-state index in [2.05, 4.69) is 19.1 Å². The Hall–Kier alpha value is -2.89. The summed E-state index contributed by atoms with van der Waals surface area (Å²) in [5.41, 5.74) is 0.638. The highest BCUT2D eigenvalue weighted by Crippen LogP contribution is 2.40. The molecule has 0 N–H and O–H groups in total. The van der Waals surface area contributed by atoms with Gasteiger partial charge in [-0.15, -0.1) is 22.7 Å². The molecule has 2 heterocycles. The Morgan fingerprint density at radius 2 is 1.20 bits per heavy atom. The van der Waals surface area contributed by atoms with Gasteiger partial charge in [0.25, 0.3) is 0 Å². The minimum Gasteiger partial charge on any atom is -0.206 e. The van der Waals surface area contributed by atoms with Crippen molar-refractivity contribution in [3.63, 3.8) is 0 Å². The predicted octanol–water partition coefficient (Wildman–Crippen LogP) is 10.6. The lowest BCUT2D eigenvalue weighted by molar-refractivity contribution is 0.511. The fourth-order valence-electron chi connectivity index (χ4n) is 4.85. The summed E-state index contributed by atoms with van der Waals surface area (Å²) >= 11 is 3.30. The second-order valence-corrected chi connectivity index (χ2v) is 11.4. The summed E-state index contributed by atoms with van der Waals surface area (Å²) in [6.07, 6.45) is 5.93. The molecule has 6 rings (SSSR count). The first-order valence-corrected chi connectivity index (χ1v) is 13.6. The number of aryl methyl sites for hydroxylation is 1. The van der Waals surface area contributed by atoms with Crippen molar-refractivity contribution < 1.29 is 13.2 Å². The van der Waals surface area contributed by atoms with Crippen LogP contribution in [0.4, 0.5) is 13.2 Å². The minimum atomic E-state index is -0.853. The van der Waals surface area contributed by atoms with Crippen LogP contribution in [0.1, 0.15) is 37.5 Å². The topological polar surface area (TPSA) is 0 Å². The minimum absolute atomic E-state index is 0.223. The zero-order valence-electron chi connectivity index (χ0n) is 19.3. The maximum Gasteiger partial charge on any atom is 0.159 e. The van der Waals surface area contributed by atoms with Crippen LogP contribution in [0.25, 0.3) is 52.2 Å². The Kier molecular flexibility index (Phi) is 5.78. The molecule has 5 heteroatoms. The largest absolute Gasteiger partial charge is 0.206 e. The first kappa shape index (κ1) is 22.6. The highest BCUT2D eigenvalue weighted by Gasteiger charge is 2.14. The van der Waals surface area contributed by atoms with E-state index in [0.717, 1.165) is 42.2 Å². The first-order valence-electron chi connectivity index (χ1n) is 12.0. The summed E-state index contributed by atoms with van der Waals surface area (Å²) in [4.78, 5) is 2.26. The third kappa shape index (κ3) is 4.11. The van der Waals surface area contributed by atoms with E-state index in [0.29, 0.717) is 16.3 Å². The van der Waals surface area contributed by atoms with Crippen LogP contribution in [0.5, 0.6) is 0 Å². The van der Waals surface area contributed by atoms with Crippen molar-refractivity contribution in [2.24, 2.45) is 0 Å². The molecule has 0 saturated carbocycles. The third-order valence-corrected chi connectivity index (χ3v) is 9.01. The maximum absolute atomic E-state index is 15.2. The van der Waals surface area contributed by atoms with E-state index >= 15 is 4.39 Å². The number of thiophene rings is 2. The van der Waals surface area contributed by atoms with E-state index in [1.54, 1.807) is 28.7 Å². The van der Waals surface area contributed by atoms with Gasteiger partial charge in [0, 0.05) is 35.5 Å². The average Bonchev–Trinajstić information content (AvgIpc) is 3.44. The third-order valence-electron chi connectivity index (χ3n) is 6.72. The van der Waals surface area contributed by atoms with Crippen molar-refractivity contribution in [3.8, 4) is 10.4 Å². The van der Waals surface area contributed by atoms with Gasteiger partial charge < -0.3 is 0 Å². The van der Waals surface area contributed by atoms with E-state index in [9.17, 15) is 8.78 Å². The number of hydrogen-bond acceptors (Lipinski definition) is 2. The van der Waals surface area contributed by atoms with E-state index in [-0.39, 0.29) is 5.82 Å². The van der Waals surface area contributed by atoms with Gasteiger partial charge in [-0.1, -0.05) is 26.2 Å². The van der Waals surface area contributed by atoms with E-state index in [1.807, 2.05) is 30.3 Å². The van der Waals surface area contributed by atoms with Gasteiger partial charge in [-0.3, -0.25) is 0 Å². The highest BCUT2D eigenvalue weighted by molar-refractivity contribution is 7.26. The number of fused-ring (bicyclic) bond motifs is 5. The van der Waals surface area contributed by atoms with E-state index < -0.39 is 11.6 Å². The molecule has 0 nitrogen and oxygen atoms in total. The number of rotatable bonds is 6. The molecule has 0 saturated heterocycles. The molecule has 0 atom stereocenters. The summed E-state index contributed by atoms with van der Waals surface area (Å²) in [6, 6.07) is 18.1. The van der Waals surface area contributed by atoms with Crippen molar-refractivity contribution in [1.29, 1.82) is 0 Å². The van der Waals surface area contributed by atoms with Gasteiger partial charge in [-0.2, -0.15) is 0 Å². The summed E-state index contributed by atoms with van der Waals surface area (Å²) < 4.78 is 44.8. The van der Waals surface area contributed by atoms with Gasteiger partial charge in [0.1, 0.15) is 5.82 Å². The summed E-state index contributed by atoms with van der Waals surface area (Å²) in [6.45, 7) is 2.21. The monoisotopic (exact) mass is 504 g/mol. The van der Waals surface area contributed by atoms with Crippen molar-refractivity contribution in [2.75, 3.05) is 0 Å². The summed E-state index contributed by atoms with van der Waals surface area (Å²) in [5, 5.41) is 5.12. The van der Waals surface area contributed by atoms with Crippen LogP contribution in [0, 0.1) is 17.5 Å². The second-order valence-electron chi connectivity index (χ2n) is 9.17. The fraction of sp³-hybridized carbons (Fsp3) is 0.200. The quantitative estimate of drug-likeness (QED) is 0.198. The Morgan fingerprint density at radius 3 is 1.86 bits per heavy atom. The standard InChI is InChI=1S/C30H23F3S2/c1-2-3-4-5-6-21-7-8-28(34-21)24-11-19-15-29-22(9-17(19)12-25(24)31)23-10-18-13-26(32)27(33)14-20(18)16-30(23)35-29/h7-16H,2-6H2,1H3. The van der Waals surface area contributed by atoms with Gasteiger partial charge in [-0.05, 0) is 95.1 Å². The number of hydrogen-bond donors (Lipinski definition) is 0. The zero-order chi connectivity index (χ0) is 24.1. The molecule has 2 aromatic heterocycles. The molecule has 0 aliphatic rings. The van der Waals surface area contributed by atoms with Gasteiger partial charge in [0.15, 0.2) is 11.6 Å². The predicted molar refractivity (Wildman–Crippen MR) is 145 cm³/mol. The van der Waals surface area contributed by atoms with Crippen LogP contribution in [-0.4, -0.2) is 0 Å². The average molecular weight is 505 g/mol. The zero-order valence-corrected chi connectivity index (χ0v) is 20.9. The molecule has 0 amide bonds. The van der Waals surface area contributed by atoms with Gasteiger partial charge in [0.2, 0.25) is 0 Å². The molecule has 4 aromatic carbocycles. The molecule has 0 bridgehead atoms. The Bertz CT molecular complexity index is 1730. The SMILES string of the molecule is CCCCCCc1ccc(-c2cc3cc4sc5cc6cc(F)c(F)cc6cc5c4cc3cc2F)s1. The maximum atomic E-state index is 15.2. The highest BCUT2D eigenvalue weighted by atomic mass is 32.1. The second kappa shape index (κ2) is 8.96.